The van der Waals surface area contributed by atoms with E-state index in [2.05, 4.69) is 19.0 Å². The fourth-order valence-electron chi connectivity index (χ4n) is 4.49. The van der Waals surface area contributed by atoms with Gasteiger partial charge in [0.2, 0.25) is 5.88 Å². The zero-order valence-electron chi connectivity index (χ0n) is 17.3. The smallest absolute Gasteiger partial charge is 0.431 e. The molecular weight excluding hydrogens is 510 g/mol. The van der Waals surface area contributed by atoms with Crippen LogP contribution in [-0.2, 0) is 10.1 Å². The molecule has 1 amide bonds. The molecule has 1 aliphatic heterocycles. The van der Waals surface area contributed by atoms with E-state index in [1.165, 1.54) is 11.9 Å². The van der Waals surface area contributed by atoms with Crippen molar-refractivity contribution >= 4 is 21.5 Å². The van der Waals surface area contributed by atoms with Crippen LogP contribution in [0.2, 0.25) is 0 Å². The second-order valence-electron chi connectivity index (χ2n) is 7.78. The van der Waals surface area contributed by atoms with Crippen molar-refractivity contribution in [3.8, 4) is 11.6 Å². The van der Waals surface area contributed by atoms with E-state index in [1.807, 2.05) is 0 Å². The molecule has 2 atom stereocenters. The molecule has 5 rings (SSSR count). The highest BCUT2D eigenvalue weighted by atomic mass is 32.2. The van der Waals surface area contributed by atoms with E-state index in [0.29, 0.717) is 0 Å². The van der Waals surface area contributed by atoms with E-state index in [4.69, 9.17) is 0 Å². The van der Waals surface area contributed by atoms with Crippen molar-refractivity contribution in [3.05, 3.63) is 52.7 Å². The summed E-state index contributed by atoms with van der Waals surface area (Å²) in [5.41, 5.74) is -5.47. The Morgan fingerprint density at radius 2 is 1.91 bits per heavy atom. The third kappa shape index (κ3) is 3.45. The molecule has 0 N–H and O–H groups in total. The molecule has 9 nitrogen and oxygen atoms in total. The van der Waals surface area contributed by atoms with E-state index >= 15 is 0 Å². The molecular formula is C19H12F6N4O5S. The van der Waals surface area contributed by atoms with E-state index in [9.17, 15) is 39.6 Å². The number of carbonyl (C=O) groups excluding carboxylic acids is 1. The Labute approximate surface area is 192 Å². The summed E-state index contributed by atoms with van der Waals surface area (Å²) in [5, 5.41) is 4.29. The van der Waals surface area contributed by atoms with Crippen LogP contribution in [0.3, 0.4) is 0 Å². The molecule has 3 heterocycles. The minimum absolute atomic E-state index is 0.0239. The lowest BCUT2D eigenvalue weighted by molar-refractivity contribution is -0.0530. The molecule has 186 valence electrons. The lowest BCUT2D eigenvalue weighted by Gasteiger charge is -2.24. The van der Waals surface area contributed by atoms with Crippen molar-refractivity contribution < 1.29 is 48.5 Å². The molecule has 2 aromatic heterocycles. The summed E-state index contributed by atoms with van der Waals surface area (Å²) >= 11 is 0. The van der Waals surface area contributed by atoms with Crippen LogP contribution in [0, 0.1) is 5.82 Å². The lowest BCUT2D eigenvalue weighted by Crippen LogP contribution is -2.30. The van der Waals surface area contributed by atoms with E-state index in [0.717, 1.165) is 29.0 Å². The molecule has 2 bridgehead atoms. The van der Waals surface area contributed by atoms with Gasteiger partial charge in [-0.05, 0) is 18.6 Å². The largest absolute Gasteiger partial charge is 0.534 e. The topological polar surface area (TPSA) is 103 Å². The molecule has 1 aromatic carbocycles. The summed E-state index contributed by atoms with van der Waals surface area (Å²) in [5.74, 6) is -4.47. The van der Waals surface area contributed by atoms with Crippen molar-refractivity contribution in [2.75, 3.05) is 7.05 Å². The highest BCUT2D eigenvalue weighted by Crippen LogP contribution is 2.54. The molecule has 0 fully saturated rings. The molecule has 0 radical (unpaired) electrons. The van der Waals surface area contributed by atoms with Crippen molar-refractivity contribution in [1.82, 2.24) is 19.5 Å². The molecule has 0 spiro atoms. The highest BCUT2D eigenvalue weighted by Gasteiger charge is 2.49. The maximum atomic E-state index is 14.6. The summed E-state index contributed by atoms with van der Waals surface area (Å²) in [7, 11) is -4.60. The van der Waals surface area contributed by atoms with Crippen LogP contribution in [-0.4, -0.2) is 53.0 Å². The monoisotopic (exact) mass is 522 g/mol. The number of hydrogen-bond donors (Lipinski definition) is 0. The van der Waals surface area contributed by atoms with E-state index in [1.54, 1.807) is 0 Å². The fraction of sp³-hybridized carbons (Fsp3) is 0.316. The van der Waals surface area contributed by atoms with Crippen molar-refractivity contribution in [3.63, 3.8) is 0 Å². The Morgan fingerprint density at radius 1 is 1.20 bits per heavy atom. The molecule has 1 aliphatic carbocycles. The van der Waals surface area contributed by atoms with Crippen molar-refractivity contribution in [1.29, 1.82) is 0 Å². The summed E-state index contributed by atoms with van der Waals surface area (Å²) in [4.78, 5) is 17.8. The number of amides is 1. The Balaban J connectivity index is 1.73. The van der Waals surface area contributed by atoms with Gasteiger partial charge in [-0.15, -0.1) is 0 Å². The van der Waals surface area contributed by atoms with E-state index in [-0.39, 0.29) is 34.3 Å². The Morgan fingerprint density at radius 3 is 2.57 bits per heavy atom. The predicted molar refractivity (Wildman–Crippen MR) is 103 cm³/mol. The minimum atomic E-state index is -6.03. The first kappa shape index (κ1) is 23.2. The standard InChI is InChI=1S/C19H12F6N4O5S/c1-28-11-4-8(13-7(17(28)30)2-3-9(20)16(13)33-18(21)22)14-10-5-12(26-6-29(10)27-15(11)14)34-35(31,32)19(23,24)25/h2-3,5-6,8,11,18H,4H2,1H3. The molecule has 0 saturated heterocycles. The van der Waals surface area contributed by atoms with Crippen molar-refractivity contribution in [2.45, 2.75) is 30.5 Å². The normalized spacial score (nSPS) is 19.7. The number of carbonyl (C=O) groups is 1. The van der Waals surface area contributed by atoms with E-state index < -0.39 is 57.6 Å². The zero-order chi connectivity index (χ0) is 25.4. The minimum Gasteiger partial charge on any atom is -0.431 e. The van der Waals surface area contributed by atoms with Crippen LogP contribution >= 0.6 is 0 Å². The van der Waals surface area contributed by atoms with Gasteiger partial charge in [-0.2, -0.15) is 35.5 Å². The lowest BCUT2D eigenvalue weighted by atomic mass is 9.88. The fourth-order valence-corrected chi connectivity index (χ4v) is 4.90. The number of benzene rings is 1. The zero-order valence-corrected chi connectivity index (χ0v) is 18.1. The van der Waals surface area contributed by atoms with Gasteiger partial charge in [-0.25, -0.2) is 13.9 Å². The summed E-state index contributed by atoms with van der Waals surface area (Å²) < 4.78 is 111. The second kappa shape index (κ2) is 7.47. The SMILES string of the molecule is CN1C(=O)c2ccc(F)c(OC(F)F)c2C2CC1c1nn3cnc(OS(=O)(=O)C(F)(F)F)cc3c12. The van der Waals surface area contributed by atoms with Gasteiger partial charge in [0, 0.05) is 35.7 Å². The van der Waals surface area contributed by atoms with Gasteiger partial charge in [0.1, 0.15) is 6.33 Å². The van der Waals surface area contributed by atoms with Gasteiger partial charge < -0.3 is 13.8 Å². The van der Waals surface area contributed by atoms with Crippen molar-refractivity contribution in [2.24, 2.45) is 0 Å². The predicted octanol–water partition coefficient (Wildman–Crippen LogP) is 3.36. The van der Waals surface area contributed by atoms with Crippen LogP contribution in [0.25, 0.3) is 5.52 Å². The van der Waals surface area contributed by atoms with Crippen LogP contribution in [0.1, 0.15) is 45.6 Å². The molecule has 16 heteroatoms. The van der Waals surface area contributed by atoms with Gasteiger partial charge in [0.05, 0.1) is 17.3 Å². The first-order chi connectivity index (χ1) is 16.3. The number of nitrogens with zero attached hydrogens (tertiary/aromatic N) is 4. The Kier molecular flexibility index (Phi) is 4.95. The molecule has 35 heavy (non-hydrogen) atoms. The average Bonchev–Trinajstić information content (AvgIpc) is 3.27. The van der Waals surface area contributed by atoms with Gasteiger partial charge in [0.25, 0.3) is 5.91 Å². The quantitative estimate of drug-likeness (QED) is 0.294. The molecule has 0 saturated carbocycles. The highest BCUT2D eigenvalue weighted by molar-refractivity contribution is 7.87. The van der Waals surface area contributed by atoms with Gasteiger partial charge in [0.15, 0.2) is 11.6 Å². The third-order valence-electron chi connectivity index (χ3n) is 5.89. The number of aromatic nitrogens is 3. The maximum absolute atomic E-state index is 14.6. The van der Waals surface area contributed by atoms with Gasteiger partial charge in [-0.1, -0.05) is 0 Å². The van der Waals surface area contributed by atoms with Crippen LogP contribution in [0.15, 0.2) is 24.5 Å². The average molecular weight is 522 g/mol. The van der Waals surface area contributed by atoms with Crippen LogP contribution in [0.4, 0.5) is 26.3 Å². The first-order valence-electron chi connectivity index (χ1n) is 9.73. The number of halogens is 6. The number of rotatable bonds is 4. The molecule has 2 aliphatic rings. The molecule has 3 aromatic rings. The maximum Gasteiger partial charge on any atom is 0.534 e. The van der Waals surface area contributed by atoms with Crippen LogP contribution in [0.5, 0.6) is 11.6 Å². The number of fused-ring (bicyclic) bond motifs is 9. The summed E-state index contributed by atoms with van der Waals surface area (Å²) in [6.45, 7) is -3.41. The van der Waals surface area contributed by atoms with Gasteiger partial charge >= 0.3 is 22.2 Å². The second-order valence-corrected chi connectivity index (χ2v) is 9.31. The number of hydrogen-bond acceptors (Lipinski definition) is 7. The number of alkyl halides is 5. The Bertz CT molecular complexity index is 1490. The third-order valence-corrected chi connectivity index (χ3v) is 6.85. The molecule has 2 unspecified atom stereocenters. The Hall–Kier alpha value is -3.56. The first-order valence-corrected chi connectivity index (χ1v) is 11.1. The summed E-state index contributed by atoms with van der Waals surface area (Å²) in [6.07, 6.45) is 0.970. The van der Waals surface area contributed by atoms with Gasteiger partial charge in [-0.3, -0.25) is 4.79 Å². The summed E-state index contributed by atoms with van der Waals surface area (Å²) in [6, 6.07) is 2.11. The van der Waals surface area contributed by atoms with Crippen LogP contribution < -0.4 is 8.92 Å². The number of ether oxygens (including phenoxy) is 1.